The third-order valence-corrected chi connectivity index (χ3v) is 5.14. The van der Waals surface area contributed by atoms with Gasteiger partial charge in [-0.05, 0) is 28.8 Å². The second-order valence-corrected chi connectivity index (χ2v) is 7.06. The molecule has 0 spiro atoms. The lowest BCUT2D eigenvalue weighted by atomic mass is 9.99. The van der Waals surface area contributed by atoms with Crippen LogP contribution in [0.3, 0.4) is 0 Å². The molecule has 28 heavy (non-hydrogen) atoms. The second kappa shape index (κ2) is 7.33. The van der Waals surface area contributed by atoms with Gasteiger partial charge in [-0.1, -0.05) is 30.3 Å². The largest absolute Gasteiger partial charge is 0.419 e. The van der Waals surface area contributed by atoms with Crippen LogP contribution in [0.2, 0.25) is 0 Å². The lowest BCUT2D eigenvalue weighted by Crippen LogP contribution is -2.52. The van der Waals surface area contributed by atoms with Crippen LogP contribution in [-0.2, 0) is 18.3 Å². The number of nitriles is 1. The van der Waals surface area contributed by atoms with Gasteiger partial charge < -0.3 is 15.1 Å². The average Bonchev–Trinajstić information content (AvgIpc) is 2.94. The molecule has 1 fully saturated rings. The van der Waals surface area contributed by atoms with Crippen LogP contribution in [-0.4, -0.2) is 29.6 Å². The van der Waals surface area contributed by atoms with Gasteiger partial charge in [0.1, 0.15) is 6.04 Å². The first-order valence-electron chi connectivity index (χ1n) is 9.15. The van der Waals surface area contributed by atoms with Gasteiger partial charge in [0.25, 0.3) is 0 Å². The molecule has 1 aliphatic rings. The zero-order chi connectivity index (χ0) is 19.7. The monoisotopic (exact) mass is 376 g/mol. The van der Waals surface area contributed by atoms with Crippen LogP contribution < -0.4 is 16.4 Å². The van der Waals surface area contributed by atoms with E-state index in [1.54, 1.807) is 13.1 Å². The molecule has 0 saturated carbocycles. The summed E-state index contributed by atoms with van der Waals surface area (Å²) in [7, 11) is 1.68. The number of aryl methyl sites for hydroxylation is 1. The molecule has 2 N–H and O–H groups in total. The Hall–Kier alpha value is -3.37. The van der Waals surface area contributed by atoms with Crippen LogP contribution in [0.25, 0.3) is 22.2 Å². The van der Waals surface area contributed by atoms with Gasteiger partial charge in [-0.15, -0.1) is 0 Å². The third-order valence-electron chi connectivity index (χ3n) is 5.14. The number of benzene rings is 2. The standard InChI is InChI=1S/C21H20N4O3/c1-25-18-9-15(6-7-19(18)28-21(25)27)14-4-2-13(3-5-14)8-17(10-22)24-20(26)16-11-23-12-16/h2-7,9,16-17,23H,8,11-12H2,1H3,(H,24,26)/t17-/m0/s1. The van der Waals surface area contributed by atoms with Gasteiger partial charge >= 0.3 is 5.76 Å². The number of carbonyl (C=O) groups is 1. The fraction of sp³-hybridized carbons (Fsp3) is 0.286. The van der Waals surface area contributed by atoms with Crippen molar-refractivity contribution in [2.24, 2.45) is 13.0 Å². The summed E-state index contributed by atoms with van der Waals surface area (Å²) in [6, 6.07) is 15.1. The number of nitrogens with zero attached hydrogens (tertiary/aromatic N) is 2. The zero-order valence-corrected chi connectivity index (χ0v) is 15.4. The highest BCUT2D eigenvalue weighted by molar-refractivity contribution is 5.81. The summed E-state index contributed by atoms with van der Waals surface area (Å²) in [5.74, 6) is -0.488. The molecule has 7 nitrogen and oxygen atoms in total. The molecule has 4 rings (SSSR count). The van der Waals surface area contributed by atoms with E-state index in [2.05, 4.69) is 16.7 Å². The number of aromatic nitrogens is 1. The second-order valence-electron chi connectivity index (χ2n) is 7.06. The summed E-state index contributed by atoms with van der Waals surface area (Å²) in [6.07, 6.45) is 0.456. The first-order valence-corrected chi connectivity index (χ1v) is 9.15. The minimum atomic E-state index is -0.546. The quantitative estimate of drug-likeness (QED) is 0.704. The molecule has 2 heterocycles. The van der Waals surface area contributed by atoms with E-state index in [0.29, 0.717) is 25.1 Å². The number of hydrogen-bond acceptors (Lipinski definition) is 5. The smallest absolute Gasteiger partial charge is 0.408 e. The van der Waals surface area contributed by atoms with Crippen molar-refractivity contribution in [1.82, 2.24) is 15.2 Å². The van der Waals surface area contributed by atoms with Crippen LogP contribution in [0.15, 0.2) is 51.7 Å². The molecule has 0 aliphatic carbocycles. The van der Waals surface area contributed by atoms with Gasteiger partial charge in [0.15, 0.2) is 5.58 Å². The molecule has 1 saturated heterocycles. The Morgan fingerprint density at radius 2 is 2.00 bits per heavy atom. The van der Waals surface area contributed by atoms with Crippen molar-refractivity contribution in [2.75, 3.05) is 13.1 Å². The van der Waals surface area contributed by atoms with Gasteiger partial charge in [0.05, 0.1) is 17.5 Å². The summed E-state index contributed by atoms with van der Waals surface area (Å²) in [4.78, 5) is 23.7. The van der Waals surface area contributed by atoms with E-state index in [1.807, 2.05) is 36.4 Å². The van der Waals surface area contributed by atoms with E-state index < -0.39 is 6.04 Å². The summed E-state index contributed by atoms with van der Waals surface area (Å²) < 4.78 is 6.64. The van der Waals surface area contributed by atoms with Gasteiger partial charge in [0, 0.05) is 26.6 Å². The van der Waals surface area contributed by atoms with Crippen molar-refractivity contribution in [2.45, 2.75) is 12.5 Å². The van der Waals surface area contributed by atoms with Crippen molar-refractivity contribution >= 4 is 17.0 Å². The van der Waals surface area contributed by atoms with Crippen molar-refractivity contribution in [3.63, 3.8) is 0 Å². The Labute approximate surface area is 161 Å². The Morgan fingerprint density at radius 1 is 1.29 bits per heavy atom. The summed E-state index contributed by atoms with van der Waals surface area (Å²) in [5, 5.41) is 15.2. The predicted molar refractivity (Wildman–Crippen MR) is 104 cm³/mol. The normalized spacial score (nSPS) is 15.0. The van der Waals surface area contributed by atoms with Gasteiger partial charge in [0.2, 0.25) is 5.91 Å². The number of carbonyl (C=O) groups excluding carboxylic acids is 1. The van der Waals surface area contributed by atoms with Crippen LogP contribution >= 0.6 is 0 Å². The van der Waals surface area contributed by atoms with Crippen molar-refractivity contribution < 1.29 is 9.21 Å². The van der Waals surface area contributed by atoms with Gasteiger partial charge in [-0.2, -0.15) is 5.26 Å². The maximum atomic E-state index is 12.0. The lowest BCUT2D eigenvalue weighted by Gasteiger charge is -2.26. The SMILES string of the molecule is Cn1c(=O)oc2ccc(-c3ccc(C[C@@H](C#N)NC(=O)C4CNC4)cc3)cc21. The number of rotatable bonds is 5. The molecular weight excluding hydrogens is 356 g/mol. The Bertz CT molecular complexity index is 1120. The fourth-order valence-corrected chi connectivity index (χ4v) is 3.27. The van der Waals surface area contributed by atoms with E-state index in [9.17, 15) is 14.9 Å². The molecule has 3 aromatic rings. The van der Waals surface area contributed by atoms with E-state index >= 15 is 0 Å². The van der Waals surface area contributed by atoms with Crippen LogP contribution in [0.5, 0.6) is 0 Å². The van der Waals surface area contributed by atoms with E-state index in [0.717, 1.165) is 22.2 Å². The number of nitrogens with one attached hydrogen (secondary N) is 2. The summed E-state index contributed by atoms with van der Waals surface area (Å²) >= 11 is 0. The first-order chi connectivity index (χ1) is 13.5. The van der Waals surface area contributed by atoms with Crippen molar-refractivity contribution in [3.05, 3.63) is 58.6 Å². The van der Waals surface area contributed by atoms with Gasteiger partial charge in [-0.25, -0.2) is 4.79 Å². The molecular formula is C21H20N4O3. The predicted octanol–water partition coefficient (Wildman–Crippen LogP) is 1.57. The van der Waals surface area contributed by atoms with Crippen molar-refractivity contribution in [3.8, 4) is 17.2 Å². The number of hydrogen-bond donors (Lipinski definition) is 2. The highest BCUT2D eigenvalue weighted by atomic mass is 16.4. The van der Waals surface area contributed by atoms with E-state index in [-0.39, 0.29) is 17.6 Å². The molecule has 0 radical (unpaired) electrons. The topological polar surface area (TPSA) is 100 Å². The third kappa shape index (κ3) is 3.42. The molecule has 0 bridgehead atoms. The Balaban J connectivity index is 1.48. The minimum Gasteiger partial charge on any atom is -0.408 e. The van der Waals surface area contributed by atoms with Crippen LogP contribution in [0.4, 0.5) is 0 Å². The summed E-state index contributed by atoms with van der Waals surface area (Å²) in [5.41, 5.74) is 4.24. The average molecular weight is 376 g/mol. The number of amides is 1. The molecule has 0 unspecified atom stereocenters. The van der Waals surface area contributed by atoms with Crippen LogP contribution in [0.1, 0.15) is 5.56 Å². The fourth-order valence-electron chi connectivity index (χ4n) is 3.27. The number of fused-ring (bicyclic) bond motifs is 1. The molecule has 1 atom stereocenters. The first kappa shape index (κ1) is 18.0. The Morgan fingerprint density at radius 3 is 2.64 bits per heavy atom. The maximum absolute atomic E-state index is 12.0. The summed E-state index contributed by atoms with van der Waals surface area (Å²) in [6.45, 7) is 1.34. The molecule has 1 amide bonds. The number of oxazole rings is 1. The minimum absolute atomic E-state index is 0.0352. The molecule has 7 heteroatoms. The van der Waals surface area contributed by atoms with Crippen LogP contribution in [0, 0.1) is 17.2 Å². The van der Waals surface area contributed by atoms with E-state index in [1.165, 1.54) is 4.57 Å². The molecule has 142 valence electrons. The Kier molecular flexibility index (Phi) is 4.72. The highest BCUT2D eigenvalue weighted by Gasteiger charge is 2.26. The molecule has 2 aromatic carbocycles. The zero-order valence-electron chi connectivity index (χ0n) is 15.4. The van der Waals surface area contributed by atoms with E-state index in [4.69, 9.17) is 4.42 Å². The highest BCUT2D eigenvalue weighted by Crippen LogP contribution is 2.24. The maximum Gasteiger partial charge on any atom is 0.419 e. The van der Waals surface area contributed by atoms with Crippen molar-refractivity contribution in [1.29, 1.82) is 5.26 Å². The molecule has 1 aliphatic heterocycles. The van der Waals surface area contributed by atoms with Gasteiger partial charge in [-0.3, -0.25) is 9.36 Å². The molecule has 1 aromatic heterocycles. The lowest BCUT2D eigenvalue weighted by molar-refractivity contribution is -0.126.